The van der Waals surface area contributed by atoms with Crippen molar-refractivity contribution in [2.24, 2.45) is 9.98 Å². The molecule has 237 valence electrons. The number of phenolic OH excluding ortho intramolecular Hbond substituents is 2. The Hall–Kier alpha value is -2.68. The monoisotopic (exact) mass is 627 g/mol. The van der Waals surface area contributed by atoms with Crippen molar-refractivity contribution in [3.8, 4) is 11.5 Å². The smallest absolute Gasteiger partial charge is 0.305 e. The minimum Gasteiger partial charge on any atom is -0.507 e. The Kier molecular flexibility index (Phi) is 14.2. The van der Waals surface area contributed by atoms with Gasteiger partial charge in [0.25, 0.3) is 0 Å². The van der Waals surface area contributed by atoms with Gasteiger partial charge in [0.05, 0.1) is 25.1 Å². The minimum absolute atomic E-state index is 0. The molecule has 2 aromatic carbocycles. The molecule has 0 saturated carbocycles. The van der Waals surface area contributed by atoms with Crippen LogP contribution < -0.4 is 0 Å². The maximum atomic E-state index is 11.0. The molecule has 2 aromatic rings. The van der Waals surface area contributed by atoms with Crippen LogP contribution in [0.15, 0.2) is 34.3 Å². The molecule has 4 N–H and O–H groups in total. The number of carboxylic acid groups (broad SMARTS) is 1. The van der Waals surface area contributed by atoms with E-state index in [0.29, 0.717) is 6.54 Å². The summed E-state index contributed by atoms with van der Waals surface area (Å²) in [5.74, 6) is -0.391. The molecular formula is C34H52CoN2O5. The first-order valence-electron chi connectivity index (χ1n) is 14.1. The van der Waals surface area contributed by atoms with Crippen molar-refractivity contribution in [3.05, 3.63) is 57.6 Å². The first kappa shape index (κ1) is 39.3. The number of carboxylic acids is 1. The van der Waals surface area contributed by atoms with Crippen LogP contribution in [-0.4, -0.2) is 57.5 Å². The normalized spacial score (nSPS) is 12.7. The van der Waals surface area contributed by atoms with Gasteiger partial charge in [-0.15, -0.1) is 0 Å². The quantitative estimate of drug-likeness (QED) is 0.245. The molecule has 7 nitrogen and oxygen atoms in total. The van der Waals surface area contributed by atoms with E-state index in [2.05, 4.69) is 73.4 Å². The van der Waals surface area contributed by atoms with Crippen molar-refractivity contribution in [1.29, 1.82) is 0 Å². The van der Waals surface area contributed by atoms with Gasteiger partial charge >= 0.3 is 5.97 Å². The van der Waals surface area contributed by atoms with Gasteiger partial charge in [0.1, 0.15) is 11.5 Å². The largest absolute Gasteiger partial charge is 0.507 e. The van der Waals surface area contributed by atoms with Gasteiger partial charge in [0.15, 0.2) is 0 Å². The fraction of sp³-hybridized carbons (Fsp3) is 0.559. The second kappa shape index (κ2) is 15.2. The van der Waals surface area contributed by atoms with Crippen LogP contribution in [0.1, 0.15) is 116 Å². The summed E-state index contributed by atoms with van der Waals surface area (Å²) in [6.07, 6.45) is 3.36. The molecule has 0 aromatic heterocycles. The van der Waals surface area contributed by atoms with Crippen molar-refractivity contribution in [3.63, 3.8) is 0 Å². The van der Waals surface area contributed by atoms with E-state index in [0.717, 1.165) is 27.8 Å². The zero-order valence-electron chi connectivity index (χ0n) is 27.5. The van der Waals surface area contributed by atoms with Crippen LogP contribution in [0, 0.1) is 6.92 Å². The Bertz CT molecular complexity index is 1260. The number of hydrogen-bond donors (Lipinski definition) is 4. The summed E-state index contributed by atoms with van der Waals surface area (Å²) >= 11 is 0. The number of carbonyl (C=O) groups is 1. The van der Waals surface area contributed by atoms with Crippen LogP contribution in [0.3, 0.4) is 0 Å². The Morgan fingerprint density at radius 1 is 0.762 bits per heavy atom. The third-order valence-corrected chi connectivity index (χ3v) is 6.49. The van der Waals surface area contributed by atoms with Crippen LogP contribution in [0.5, 0.6) is 11.5 Å². The molecule has 0 saturated heterocycles. The molecule has 0 aliphatic rings. The summed E-state index contributed by atoms with van der Waals surface area (Å²) in [6.45, 7) is 25.4. The molecule has 0 fully saturated rings. The van der Waals surface area contributed by atoms with Gasteiger partial charge in [-0.2, -0.15) is 0 Å². The van der Waals surface area contributed by atoms with Gasteiger partial charge in [-0.25, -0.2) is 0 Å². The summed E-state index contributed by atoms with van der Waals surface area (Å²) in [7, 11) is 0. The molecular weight excluding hydrogens is 575 g/mol. The second-order valence-electron chi connectivity index (χ2n) is 14.4. The minimum atomic E-state index is -0.961. The molecule has 0 heterocycles. The molecule has 2 rings (SSSR count). The summed E-state index contributed by atoms with van der Waals surface area (Å²) in [5.41, 5.74) is 4.69. The van der Waals surface area contributed by atoms with E-state index < -0.39 is 11.5 Å². The number of aliphatic imine (C=N–C) groups is 2. The van der Waals surface area contributed by atoms with Gasteiger partial charge in [0, 0.05) is 51.5 Å². The standard InChI is InChI=1S/C31H46N2O2.C3H6O3.Co/c1-20-13-21(26(34)24(14-20)29(5,6)7)17-32-19-31(11,12)33-18-22-15-23(28(2,3)4)16-25(27(22)35)30(8,9)10;4-2-1-3(5)6;/h13-18,34-35H,19H2,1-12H3;4H,1-2H2,(H,5,6);. The van der Waals surface area contributed by atoms with E-state index in [-0.39, 0.29) is 57.6 Å². The maximum Gasteiger partial charge on any atom is 0.305 e. The fourth-order valence-corrected chi connectivity index (χ4v) is 3.99. The number of benzene rings is 2. The number of aliphatic hydroxyl groups is 1. The molecule has 42 heavy (non-hydrogen) atoms. The van der Waals surface area contributed by atoms with Crippen LogP contribution in [0.25, 0.3) is 0 Å². The molecule has 0 aliphatic carbocycles. The SMILES string of the molecule is Cc1cc(C=NCC(C)(C)N=Cc2cc(C(C)(C)C)cc(C(C)(C)C)c2O)c(O)c(C(C)(C)C)c1.O=C(O)CCO.[Co]. The third-order valence-electron chi connectivity index (χ3n) is 6.49. The Labute approximate surface area is 263 Å². The van der Waals surface area contributed by atoms with Crippen molar-refractivity contribution >= 4 is 18.4 Å². The molecule has 0 bridgehead atoms. The topological polar surface area (TPSA) is 123 Å². The summed E-state index contributed by atoms with van der Waals surface area (Å²) < 4.78 is 0. The Morgan fingerprint density at radius 2 is 1.24 bits per heavy atom. The average Bonchev–Trinajstić information content (AvgIpc) is 2.78. The van der Waals surface area contributed by atoms with Crippen molar-refractivity contribution in [2.45, 2.75) is 111 Å². The number of phenols is 2. The number of rotatable bonds is 7. The molecule has 1 radical (unpaired) electrons. The summed E-state index contributed by atoms with van der Waals surface area (Å²) in [5, 5.41) is 37.4. The number of aliphatic carboxylic acids is 1. The number of nitrogens with zero attached hydrogens (tertiary/aromatic N) is 2. The van der Waals surface area contributed by atoms with E-state index >= 15 is 0 Å². The van der Waals surface area contributed by atoms with Crippen molar-refractivity contribution in [2.75, 3.05) is 13.2 Å². The van der Waals surface area contributed by atoms with Crippen molar-refractivity contribution < 1.29 is 42.0 Å². The van der Waals surface area contributed by atoms with Gasteiger partial charge in [-0.1, -0.05) is 74.4 Å². The molecule has 0 atom stereocenters. The van der Waals surface area contributed by atoms with Gasteiger partial charge in [-0.05, 0) is 60.3 Å². The van der Waals surface area contributed by atoms with E-state index in [1.54, 1.807) is 12.4 Å². The van der Waals surface area contributed by atoms with E-state index in [1.165, 1.54) is 5.56 Å². The van der Waals surface area contributed by atoms with Crippen LogP contribution in [-0.2, 0) is 37.8 Å². The summed E-state index contributed by atoms with van der Waals surface area (Å²) in [6, 6.07) is 8.13. The number of aromatic hydroxyl groups is 2. The molecule has 0 aliphatic heterocycles. The number of aryl methyl sites for hydroxylation is 1. The Morgan fingerprint density at radius 3 is 1.64 bits per heavy atom. The summed E-state index contributed by atoms with van der Waals surface area (Å²) in [4.78, 5) is 18.9. The number of hydrogen-bond acceptors (Lipinski definition) is 6. The van der Waals surface area contributed by atoms with Crippen LogP contribution in [0.4, 0.5) is 0 Å². The Balaban J connectivity index is 0.00000217. The zero-order chi connectivity index (χ0) is 32.0. The van der Waals surface area contributed by atoms with Crippen LogP contribution in [0.2, 0.25) is 0 Å². The van der Waals surface area contributed by atoms with E-state index in [4.69, 9.17) is 15.2 Å². The molecule has 0 unspecified atom stereocenters. The number of aliphatic hydroxyl groups excluding tert-OH is 1. The molecule has 8 heteroatoms. The first-order chi connectivity index (χ1) is 18.5. The first-order valence-corrected chi connectivity index (χ1v) is 14.1. The van der Waals surface area contributed by atoms with Crippen LogP contribution >= 0.6 is 0 Å². The molecule has 0 spiro atoms. The predicted octanol–water partition coefficient (Wildman–Crippen LogP) is 7.07. The van der Waals surface area contributed by atoms with Gasteiger partial charge in [0.2, 0.25) is 0 Å². The third kappa shape index (κ3) is 12.3. The van der Waals surface area contributed by atoms with E-state index in [9.17, 15) is 15.0 Å². The maximum absolute atomic E-state index is 11.0. The zero-order valence-corrected chi connectivity index (χ0v) is 28.6. The van der Waals surface area contributed by atoms with Crippen molar-refractivity contribution in [1.82, 2.24) is 0 Å². The fourth-order valence-electron chi connectivity index (χ4n) is 3.99. The predicted molar refractivity (Wildman–Crippen MR) is 171 cm³/mol. The van der Waals surface area contributed by atoms with E-state index in [1.807, 2.05) is 39.0 Å². The van der Waals surface area contributed by atoms with Gasteiger partial charge in [-0.3, -0.25) is 14.8 Å². The molecule has 0 amide bonds. The van der Waals surface area contributed by atoms with Gasteiger partial charge < -0.3 is 20.4 Å². The second-order valence-corrected chi connectivity index (χ2v) is 14.4. The average molecular weight is 628 g/mol.